The predicted octanol–water partition coefficient (Wildman–Crippen LogP) is 1.70. The van der Waals surface area contributed by atoms with Gasteiger partial charge in [0.15, 0.2) is 0 Å². The van der Waals surface area contributed by atoms with Crippen LogP contribution in [0.4, 0.5) is 0 Å². The van der Waals surface area contributed by atoms with Crippen LogP contribution in [-0.4, -0.2) is 46.2 Å². The number of piperazine rings is 1. The smallest absolute Gasteiger partial charge is 0.257 e. The minimum Gasteiger partial charge on any atom is -0.508 e. The van der Waals surface area contributed by atoms with Crippen LogP contribution in [0.5, 0.6) is 11.5 Å². The summed E-state index contributed by atoms with van der Waals surface area (Å²) in [5.41, 5.74) is 0.248. The number of hydrogen-bond acceptors (Lipinski definition) is 4. The van der Waals surface area contributed by atoms with Crippen molar-refractivity contribution in [1.29, 1.82) is 0 Å². The Labute approximate surface area is 119 Å². The SMILES string of the molecule is CCC1CN(C(=O)c2ccc(O)cc2O)C(CC)CN1. The molecule has 0 saturated carbocycles. The van der Waals surface area contributed by atoms with Crippen LogP contribution in [0.1, 0.15) is 37.0 Å². The molecule has 20 heavy (non-hydrogen) atoms. The lowest BCUT2D eigenvalue weighted by Crippen LogP contribution is -2.57. The summed E-state index contributed by atoms with van der Waals surface area (Å²) in [6.07, 6.45) is 1.83. The molecule has 1 aliphatic heterocycles. The zero-order valence-electron chi connectivity index (χ0n) is 12.0. The Morgan fingerprint density at radius 1 is 1.35 bits per heavy atom. The molecule has 2 unspecified atom stereocenters. The van der Waals surface area contributed by atoms with Gasteiger partial charge in [-0.25, -0.2) is 0 Å². The molecular formula is C15H22N2O3. The van der Waals surface area contributed by atoms with Crippen molar-refractivity contribution < 1.29 is 15.0 Å². The summed E-state index contributed by atoms with van der Waals surface area (Å²) in [5, 5.41) is 22.6. The van der Waals surface area contributed by atoms with Gasteiger partial charge in [-0.05, 0) is 25.0 Å². The third kappa shape index (κ3) is 2.88. The third-order valence-corrected chi connectivity index (χ3v) is 3.94. The molecule has 1 aromatic rings. The van der Waals surface area contributed by atoms with Crippen LogP contribution < -0.4 is 5.32 Å². The van der Waals surface area contributed by atoms with Crippen LogP contribution in [0.15, 0.2) is 18.2 Å². The van der Waals surface area contributed by atoms with E-state index in [2.05, 4.69) is 19.2 Å². The van der Waals surface area contributed by atoms with Crippen molar-refractivity contribution in [3.05, 3.63) is 23.8 Å². The number of benzene rings is 1. The summed E-state index contributed by atoms with van der Waals surface area (Å²) in [5.74, 6) is -0.386. The Balaban J connectivity index is 2.24. The third-order valence-electron chi connectivity index (χ3n) is 3.94. The number of rotatable bonds is 3. The summed E-state index contributed by atoms with van der Waals surface area (Å²) in [7, 11) is 0. The number of hydrogen-bond donors (Lipinski definition) is 3. The lowest BCUT2D eigenvalue weighted by atomic mass is 10.0. The topological polar surface area (TPSA) is 72.8 Å². The zero-order valence-corrected chi connectivity index (χ0v) is 12.0. The van der Waals surface area contributed by atoms with E-state index in [1.54, 1.807) is 0 Å². The van der Waals surface area contributed by atoms with E-state index in [1.807, 2.05) is 4.90 Å². The maximum absolute atomic E-state index is 12.6. The van der Waals surface area contributed by atoms with E-state index in [1.165, 1.54) is 18.2 Å². The van der Waals surface area contributed by atoms with Crippen molar-refractivity contribution in [2.45, 2.75) is 38.8 Å². The molecule has 1 aromatic carbocycles. The number of nitrogens with one attached hydrogen (secondary N) is 1. The molecule has 110 valence electrons. The van der Waals surface area contributed by atoms with Crippen LogP contribution in [0.25, 0.3) is 0 Å². The van der Waals surface area contributed by atoms with E-state index < -0.39 is 0 Å². The maximum Gasteiger partial charge on any atom is 0.257 e. The maximum atomic E-state index is 12.6. The quantitative estimate of drug-likeness (QED) is 0.787. The first-order valence-electron chi connectivity index (χ1n) is 7.13. The summed E-state index contributed by atoms with van der Waals surface area (Å²) >= 11 is 0. The molecule has 5 nitrogen and oxygen atoms in total. The number of nitrogens with zero attached hydrogens (tertiary/aromatic N) is 1. The van der Waals surface area contributed by atoms with Crippen LogP contribution in [-0.2, 0) is 0 Å². The molecule has 0 radical (unpaired) electrons. The molecule has 0 aliphatic carbocycles. The Kier molecular flexibility index (Phi) is 4.49. The normalized spacial score (nSPS) is 22.8. The van der Waals surface area contributed by atoms with Gasteiger partial charge in [0.1, 0.15) is 11.5 Å². The van der Waals surface area contributed by atoms with E-state index in [4.69, 9.17) is 0 Å². The molecule has 0 spiro atoms. The van der Waals surface area contributed by atoms with Gasteiger partial charge in [0.05, 0.1) is 5.56 Å². The van der Waals surface area contributed by atoms with E-state index in [0.29, 0.717) is 12.6 Å². The fraction of sp³-hybridized carbons (Fsp3) is 0.533. The Morgan fingerprint density at radius 2 is 2.10 bits per heavy atom. The van der Waals surface area contributed by atoms with Crippen LogP contribution >= 0.6 is 0 Å². The molecule has 1 fully saturated rings. The molecule has 1 aliphatic rings. The lowest BCUT2D eigenvalue weighted by molar-refractivity contribution is 0.0573. The highest BCUT2D eigenvalue weighted by molar-refractivity contribution is 5.97. The second-order valence-corrected chi connectivity index (χ2v) is 5.23. The number of aromatic hydroxyl groups is 2. The monoisotopic (exact) mass is 278 g/mol. The van der Waals surface area contributed by atoms with Crippen LogP contribution in [0.2, 0.25) is 0 Å². The lowest BCUT2D eigenvalue weighted by Gasteiger charge is -2.40. The van der Waals surface area contributed by atoms with Crippen molar-refractivity contribution in [2.24, 2.45) is 0 Å². The standard InChI is InChI=1S/C15H22N2O3/c1-3-10-9-17(11(4-2)8-16-10)15(20)13-6-5-12(18)7-14(13)19/h5-7,10-11,16,18-19H,3-4,8-9H2,1-2H3. The molecule has 2 atom stereocenters. The van der Waals surface area contributed by atoms with Gasteiger partial charge in [-0.1, -0.05) is 13.8 Å². The number of phenols is 2. The highest BCUT2D eigenvalue weighted by Crippen LogP contribution is 2.25. The van der Waals surface area contributed by atoms with Crippen molar-refractivity contribution in [2.75, 3.05) is 13.1 Å². The highest BCUT2D eigenvalue weighted by Gasteiger charge is 2.31. The fourth-order valence-corrected chi connectivity index (χ4v) is 2.61. The minimum absolute atomic E-state index is 0.0437. The first-order chi connectivity index (χ1) is 9.56. The highest BCUT2D eigenvalue weighted by atomic mass is 16.3. The Bertz CT molecular complexity index is 490. The zero-order chi connectivity index (χ0) is 14.7. The summed E-state index contributed by atoms with van der Waals surface area (Å²) in [6.45, 7) is 5.56. The number of amides is 1. The number of phenolic OH excluding ortho intramolecular Hbond substituents is 2. The molecule has 1 saturated heterocycles. The second kappa shape index (κ2) is 6.13. The van der Waals surface area contributed by atoms with Gasteiger partial charge in [0.25, 0.3) is 5.91 Å². The van der Waals surface area contributed by atoms with Crippen molar-refractivity contribution >= 4 is 5.91 Å². The first-order valence-corrected chi connectivity index (χ1v) is 7.13. The van der Waals surface area contributed by atoms with Gasteiger partial charge in [0, 0.05) is 31.2 Å². The van der Waals surface area contributed by atoms with Gasteiger partial charge in [0.2, 0.25) is 0 Å². The van der Waals surface area contributed by atoms with Crippen molar-refractivity contribution in [1.82, 2.24) is 10.2 Å². The van der Waals surface area contributed by atoms with Gasteiger partial charge < -0.3 is 20.4 Å². The molecule has 1 heterocycles. The van der Waals surface area contributed by atoms with Gasteiger partial charge in [-0.3, -0.25) is 4.79 Å². The van der Waals surface area contributed by atoms with Crippen LogP contribution in [0.3, 0.4) is 0 Å². The molecule has 0 aromatic heterocycles. The van der Waals surface area contributed by atoms with E-state index in [0.717, 1.165) is 19.4 Å². The summed E-state index contributed by atoms with van der Waals surface area (Å²) in [4.78, 5) is 14.4. The second-order valence-electron chi connectivity index (χ2n) is 5.23. The number of carbonyl (C=O) groups is 1. The molecular weight excluding hydrogens is 256 g/mol. The summed E-state index contributed by atoms with van der Waals surface area (Å²) < 4.78 is 0. The fourth-order valence-electron chi connectivity index (χ4n) is 2.61. The molecule has 1 amide bonds. The molecule has 0 bridgehead atoms. The summed E-state index contributed by atoms with van der Waals surface area (Å²) in [6, 6.07) is 4.53. The average Bonchev–Trinajstić information content (AvgIpc) is 2.46. The Morgan fingerprint density at radius 3 is 2.70 bits per heavy atom. The molecule has 2 rings (SSSR count). The van der Waals surface area contributed by atoms with Gasteiger partial charge >= 0.3 is 0 Å². The van der Waals surface area contributed by atoms with Gasteiger partial charge in [-0.15, -0.1) is 0 Å². The van der Waals surface area contributed by atoms with E-state index >= 15 is 0 Å². The van der Waals surface area contributed by atoms with Crippen molar-refractivity contribution in [3.63, 3.8) is 0 Å². The largest absolute Gasteiger partial charge is 0.508 e. The van der Waals surface area contributed by atoms with Crippen molar-refractivity contribution in [3.8, 4) is 11.5 Å². The molecule has 3 N–H and O–H groups in total. The Hall–Kier alpha value is -1.75. The molecule has 5 heteroatoms. The minimum atomic E-state index is -0.172. The predicted molar refractivity (Wildman–Crippen MR) is 77.0 cm³/mol. The first kappa shape index (κ1) is 14.7. The van der Waals surface area contributed by atoms with E-state index in [9.17, 15) is 15.0 Å². The average molecular weight is 278 g/mol. The van der Waals surface area contributed by atoms with E-state index in [-0.39, 0.29) is 29.0 Å². The number of carbonyl (C=O) groups excluding carboxylic acids is 1. The van der Waals surface area contributed by atoms with Crippen LogP contribution in [0, 0.1) is 0 Å². The van der Waals surface area contributed by atoms with Gasteiger partial charge in [-0.2, -0.15) is 0 Å².